The first-order valence-electron chi connectivity index (χ1n) is 4.35. The van der Waals surface area contributed by atoms with E-state index in [0.717, 1.165) is 0 Å². The quantitative estimate of drug-likeness (QED) is 0.375. The van der Waals surface area contributed by atoms with Crippen LogP contribution in [0.15, 0.2) is 0 Å². The average molecular weight is 224 g/mol. The number of carbonyl (C=O) groups excluding carboxylic acids is 1. The van der Waals surface area contributed by atoms with Crippen LogP contribution >= 0.6 is 7.60 Å². The second-order valence-corrected chi connectivity index (χ2v) is 5.13. The molecule has 0 aliphatic rings. The lowest BCUT2D eigenvalue weighted by atomic mass is 10.2. The Morgan fingerprint density at radius 1 is 1.14 bits per heavy atom. The van der Waals surface area contributed by atoms with Crippen LogP contribution in [0.25, 0.3) is 0 Å². The van der Waals surface area contributed by atoms with Crippen LogP contribution in [0.4, 0.5) is 0 Å². The SMILES string of the molecule is COC(=O)CCCCP(=O)(OC)OC. The van der Waals surface area contributed by atoms with Crippen LogP contribution in [-0.4, -0.2) is 33.5 Å². The van der Waals surface area contributed by atoms with Crippen LogP contribution in [0.2, 0.25) is 0 Å². The van der Waals surface area contributed by atoms with Gasteiger partial charge in [0.2, 0.25) is 0 Å². The lowest BCUT2D eigenvalue weighted by Crippen LogP contribution is -2.01. The summed E-state index contributed by atoms with van der Waals surface area (Å²) < 4.78 is 25.4. The van der Waals surface area contributed by atoms with Gasteiger partial charge in [0.1, 0.15) is 0 Å². The molecule has 0 fully saturated rings. The number of unbranched alkanes of at least 4 members (excludes halogenated alkanes) is 1. The molecule has 0 radical (unpaired) electrons. The van der Waals surface area contributed by atoms with Gasteiger partial charge in [-0.2, -0.15) is 0 Å². The molecule has 0 heterocycles. The number of esters is 1. The summed E-state index contributed by atoms with van der Waals surface area (Å²) in [5.74, 6) is -0.255. The number of rotatable bonds is 7. The fourth-order valence-electron chi connectivity index (χ4n) is 0.934. The molecule has 0 spiro atoms. The van der Waals surface area contributed by atoms with Crippen LogP contribution in [0.5, 0.6) is 0 Å². The van der Waals surface area contributed by atoms with Gasteiger partial charge in [0.25, 0.3) is 0 Å². The zero-order valence-corrected chi connectivity index (χ0v) is 9.71. The molecular formula is C8H17O5P. The normalized spacial score (nSPS) is 11.4. The highest BCUT2D eigenvalue weighted by Crippen LogP contribution is 2.46. The third kappa shape index (κ3) is 5.37. The average Bonchev–Trinajstić information content (AvgIpc) is 2.23. The summed E-state index contributed by atoms with van der Waals surface area (Å²) in [6, 6.07) is 0. The van der Waals surface area contributed by atoms with E-state index in [2.05, 4.69) is 4.74 Å². The summed E-state index contributed by atoms with van der Waals surface area (Å²) >= 11 is 0. The molecule has 0 aromatic heterocycles. The predicted molar refractivity (Wildman–Crippen MR) is 52.4 cm³/mol. The van der Waals surface area contributed by atoms with Gasteiger partial charge < -0.3 is 13.8 Å². The molecule has 0 aromatic rings. The van der Waals surface area contributed by atoms with Crippen molar-refractivity contribution in [2.24, 2.45) is 0 Å². The number of hydrogen-bond donors (Lipinski definition) is 0. The van der Waals surface area contributed by atoms with Gasteiger partial charge in [-0.1, -0.05) is 0 Å². The van der Waals surface area contributed by atoms with Crippen LogP contribution in [0, 0.1) is 0 Å². The number of hydrogen-bond acceptors (Lipinski definition) is 5. The second kappa shape index (κ2) is 6.98. The van der Waals surface area contributed by atoms with E-state index in [-0.39, 0.29) is 5.97 Å². The van der Waals surface area contributed by atoms with Gasteiger partial charge in [0.05, 0.1) is 13.3 Å². The van der Waals surface area contributed by atoms with Gasteiger partial charge >= 0.3 is 13.6 Å². The molecule has 0 saturated heterocycles. The van der Waals surface area contributed by atoms with Gasteiger partial charge in [-0.05, 0) is 12.8 Å². The summed E-state index contributed by atoms with van der Waals surface area (Å²) in [4.78, 5) is 10.7. The molecule has 0 unspecified atom stereocenters. The molecule has 0 rings (SSSR count). The largest absolute Gasteiger partial charge is 0.469 e. The van der Waals surface area contributed by atoms with E-state index in [1.807, 2.05) is 0 Å². The van der Waals surface area contributed by atoms with Gasteiger partial charge in [0, 0.05) is 20.6 Å². The maximum Gasteiger partial charge on any atom is 0.330 e. The highest BCUT2D eigenvalue weighted by molar-refractivity contribution is 7.53. The molecule has 0 N–H and O–H groups in total. The minimum Gasteiger partial charge on any atom is -0.469 e. The Balaban J connectivity index is 3.63. The van der Waals surface area contributed by atoms with E-state index in [0.29, 0.717) is 25.4 Å². The summed E-state index contributed by atoms with van der Waals surface area (Å²) in [5, 5.41) is 0. The van der Waals surface area contributed by atoms with E-state index in [9.17, 15) is 9.36 Å². The Morgan fingerprint density at radius 2 is 1.71 bits per heavy atom. The zero-order chi connectivity index (χ0) is 11.0. The fourth-order valence-corrected chi connectivity index (χ4v) is 2.06. The lowest BCUT2D eigenvalue weighted by Gasteiger charge is -2.12. The van der Waals surface area contributed by atoms with Gasteiger partial charge in [-0.15, -0.1) is 0 Å². The standard InChI is InChI=1S/C8H17O5P/c1-11-8(9)6-4-5-7-14(10,12-2)13-3/h4-7H2,1-3H3. The number of ether oxygens (including phenoxy) is 1. The Bertz CT molecular complexity index is 208. The minimum atomic E-state index is -2.90. The molecule has 0 amide bonds. The molecule has 5 nitrogen and oxygen atoms in total. The van der Waals surface area contributed by atoms with E-state index in [4.69, 9.17) is 9.05 Å². The van der Waals surface area contributed by atoms with E-state index in [1.165, 1.54) is 21.3 Å². The molecule has 0 aromatic carbocycles. The van der Waals surface area contributed by atoms with Gasteiger partial charge in [-0.25, -0.2) is 0 Å². The first-order chi connectivity index (χ1) is 6.58. The van der Waals surface area contributed by atoms with Crippen LogP contribution in [-0.2, 0) is 23.1 Å². The van der Waals surface area contributed by atoms with Crippen molar-refractivity contribution >= 4 is 13.6 Å². The van der Waals surface area contributed by atoms with Crippen LogP contribution in [0.3, 0.4) is 0 Å². The van der Waals surface area contributed by atoms with Crippen molar-refractivity contribution in [3.8, 4) is 0 Å². The van der Waals surface area contributed by atoms with E-state index in [1.54, 1.807) is 0 Å². The Kier molecular flexibility index (Phi) is 6.79. The summed E-state index contributed by atoms with van der Waals surface area (Å²) in [7, 11) is 1.15. The van der Waals surface area contributed by atoms with Crippen molar-refractivity contribution in [2.45, 2.75) is 19.3 Å². The van der Waals surface area contributed by atoms with Crippen LogP contribution < -0.4 is 0 Å². The van der Waals surface area contributed by atoms with Gasteiger partial charge in [-0.3, -0.25) is 9.36 Å². The van der Waals surface area contributed by atoms with Crippen molar-refractivity contribution in [3.63, 3.8) is 0 Å². The Hall–Kier alpha value is -0.380. The van der Waals surface area contributed by atoms with Crippen molar-refractivity contribution in [2.75, 3.05) is 27.5 Å². The number of methoxy groups -OCH3 is 1. The highest BCUT2D eigenvalue weighted by Gasteiger charge is 2.19. The van der Waals surface area contributed by atoms with Crippen molar-refractivity contribution in [1.82, 2.24) is 0 Å². The molecule has 84 valence electrons. The van der Waals surface area contributed by atoms with Crippen LogP contribution in [0.1, 0.15) is 19.3 Å². The van der Waals surface area contributed by atoms with E-state index < -0.39 is 7.60 Å². The predicted octanol–water partition coefficient (Wildman–Crippen LogP) is 1.82. The Morgan fingerprint density at radius 3 is 2.14 bits per heavy atom. The molecule has 0 atom stereocenters. The molecular weight excluding hydrogens is 207 g/mol. The first kappa shape index (κ1) is 13.6. The minimum absolute atomic E-state index is 0.255. The summed E-state index contributed by atoms with van der Waals surface area (Å²) in [6.07, 6.45) is 1.92. The van der Waals surface area contributed by atoms with Crippen molar-refractivity contribution < 1.29 is 23.1 Å². The van der Waals surface area contributed by atoms with E-state index >= 15 is 0 Å². The highest BCUT2D eigenvalue weighted by atomic mass is 31.2. The molecule has 0 aliphatic heterocycles. The monoisotopic (exact) mass is 224 g/mol. The molecule has 0 bridgehead atoms. The first-order valence-corrected chi connectivity index (χ1v) is 6.08. The molecule has 14 heavy (non-hydrogen) atoms. The molecule has 0 saturated carbocycles. The smallest absolute Gasteiger partial charge is 0.330 e. The van der Waals surface area contributed by atoms with Crippen molar-refractivity contribution in [3.05, 3.63) is 0 Å². The maximum atomic E-state index is 11.5. The lowest BCUT2D eigenvalue weighted by molar-refractivity contribution is -0.140. The maximum absolute atomic E-state index is 11.5. The zero-order valence-electron chi connectivity index (χ0n) is 8.82. The Labute approximate surface area is 84.3 Å². The number of carbonyl (C=O) groups is 1. The topological polar surface area (TPSA) is 61.8 Å². The van der Waals surface area contributed by atoms with Crippen molar-refractivity contribution in [1.29, 1.82) is 0 Å². The third-order valence-electron chi connectivity index (χ3n) is 1.85. The summed E-state index contributed by atoms with van der Waals surface area (Å²) in [5.41, 5.74) is 0. The fraction of sp³-hybridized carbons (Fsp3) is 0.875. The molecule has 0 aliphatic carbocycles. The molecule has 6 heteroatoms. The third-order valence-corrected chi connectivity index (χ3v) is 3.82. The summed E-state index contributed by atoms with van der Waals surface area (Å²) in [6.45, 7) is 0. The second-order valence-electron chi connectivity index (χ2n) is 2.73. The van der Waals surface area contributed by atoms with Gasteiger partial charge in [0.15, 0.2) is 0 Å².